The molecule has 1 fully saturated rings. The van der Waals surface area contributed by atoms with Crippen molar-refractivity contribution in [1.82, 2.24) is 5.32 Å². The first-order valence-electron chi connectivity index (χ1n) is 6.76. The van der Waals surface area contributed by atoms with E-state index in [9.17, 15) is 10.1 Å². The number of benzene rings is 1. The van der Waals surface area contributed by atoms with Crippen LogP contribution in [0.1, 0.15) is 37.8 Å². The summed E-state index contributed by atoms with van der Waals surface area (Å²) >= 11 is 2.04. The van der Waals surface area contributed by atoms with Crippen LogP contribution in [0.15, 0.2) is 24.3 Å². The lowest BCUT2D eigenvalue weighted by Gasteiger charge is -2.23. The summed E-state index contributed by atoms with van der Waals surface area (Å²) < 4.78 is 0. The molecule has 1 aliphatic rings. The van der Waals surface area contributed by atoms with Crippen LogP contribution in [0.4, 0.5) is 5.69 Å². The van der Waals surface area contributed by atoms with Crippen LogP contribution in [-0.4, -0.2) is 22.5 Å². The molecule has 1 aliphatic heterocycles. The molecule has 0 saturated carbocycles. The largest absolute Gasteiger partial charge is 0.309 e. The molecule has 19 heavy (non-hydrogen) atoms. The van der Waals surface area contributed by atoms with Gasteiger partial charge < -0.3 is 5.32 Å². The van der Waals surface area contributed by atoms with Crippen molar-refractivity contribution in [3.05, 3.63) is 39.9 Å². The molecule has 1 aromatic rings. The third-order valence-electron chi connectivity index (χ3n) is 3.51. The summed E-state index contributed by atoms with van der Waals surface area (Å²) in [6, 6.07) is 7.04. The predicted molar refractivity (Wildman–Crippen MR) is 79.6 cm³/mol. The van der Waals surface area contributed by atoms with Gasteiger partial charge in [0.25, 0.3) is 5.69 Å². The van der Waals surface area contributed by atoms with Crippen molar-refractivity contribution in [2.24, 2.45) is 0 Å². The van der Waals surface area contributed by atoms with Crippen LogP contribution >= 0.6 is 11.8 Å². The molecule has 2 rings (SSSR count). The molecule has 0 radical (unpaired) electrons. The molecule has 0 bridgehead atoms. The van der Waals surface area contributed by atoms with Gasteiger partial charge in [-0.1, -0.05) is 18.6 Å². The summed E-state index contributed by atoms with van der Waals surface area (Å²) in [4.78, 5) is 10.4. The number of nitro benzene ring substituents is 1. The number of non-ortho nitro benzene ring substituents is 1. The summed E-state index contributed by atoms with van der Waals surface area (Å²) in [5.41, 5.74) is 1.15. The fraction of sp³-hybridized carbons (Fsp3) is 0.571. The summed E-state index contributed by atoms with van der Waals surface area (Å²) in [5.74, 6) is 1.26. The fourth-order valence-electron chi connectivity index (χ4n) is 2.30. The molecule has 0 spiro atoms. The molecule has 1 saturated heterocycles. The van der Waals surface area contributed by atoms with Gasteiger partial charge in [-0.3, -0.25) is 10.1 Å². The number of rotatable bonds is 5. The Kier molecular flexibility index (Phi) is 5.22. The zero-order chi connectivity index (χ0) is 13.7. The van der Waals surface area contributed by atoms with E-state index in [-0.39, 0.29) is 16.7 Å². The van der Waals surface area contributed by atoms with Crippen LogP contribution in [0.25, 0.3) is 0 Å². The van der Waals surface area contributed by atoms with Crippen LogP contribution in [0.2, 0.25) is 0 Å². The van der Waals surface area contributed by atoms with Crippen molar-refractivity contribution in [1.29, 1.82) is 0 Å². The quantitative estimate of drug-likeness (QED) is 0.662. The molecule has 0 aromatic heterocycles. The highest BCUT2D eigenvalue weighted by molar-refractivity contribution is 7.99. The Morgan fingerprint density at radius 2 is 2.37 bits per heavy atom. The highest BCUT2D eigenvalue weighted by Crippen LogP contribution is 2.25. The number of nitrogens with zero attached hydrogens (tertiary/aromatic N) is 1. The summed E-state index contributed by atoms with van der Waals surface area (Å²) in [6.45, 7) is 3.04. The molecule has 2 atom stereocenters. The zero-order valence-electron chi connectivity index (χ0n) is 11.2. The van der Waals surface area contributed by atoms with E-state index in [1.54, 1.807) is 12.1 Å². The van der Waals surface area contributed by atoms with Crippen molar-refractivity contribution in [3.8, 4) is 0 Å². The van der Waals surface area contributed by atoms with Crippen LogP contribution in [0.5, 0.6) is 0 Å². The first kappa shape index (κ1) is 14.3. The van der Waals surface area contributed by atoms with Gasteiger partial charge in [0.15, 0.2) is 0 Å². The van der Waals surface area contributed by atoms with E-state index in [4.69, 9.17) is 0 Å². The van der Waals surface area contributed by atoms with Gasteiger partial charge in [0.2, 0.25) is 0 Å². The second kappa shape index (κ2) is 6.91. The maximum absolute atomic E-state index is 10.8. The third kappa shape index (κ3) is 4.21. The predicted octanol–water partition coefficient (Wildman–Crippen LogP) is 3.53. The van der Waals surface area contributed by atoms with Crippen molar-refractivity contribution >= 4 is 17.4 Å². The zero-order valence-corrected chi connectivity index (χ0v) is 12.0. The van der Waals surface area contributed by atoms with Crippen molar-refractivity contribution in [3.63, 3.8) is 0 Å². The van der Waals surface area contributed by atoms with E-state index < -0.39 is 0 Å². The van der Waals surface area contributed by atoms with Gasteiger partial charge in [-0.2, -0.15) is 11.8 Å². The van der Waals surface area contributed by atoms with E-state index in [1.165, 1.54) is 31.1 Å². The maximum Gasteiger partial charge on any atom is 0.269 e. The normalized spacial score (nSPS) is 21.0. The van der Waals surface area contributed by atoms with Gasteiger partial charge in [0, 0.05) is 30.0 Å². The number of hydrogen-bond acceptors (Lipinski definition) is 4. The van der Waals surface area contributed by atoms with Crippen molar-refractivity contribution < 1.29 is 4.92 Å². The molecular formula is C14H20N2O2S. The van der Waals surface area contributed by atoms with Crippen LogP contribution in [0.3, 0.4) is 0 Å². The second-order valence-corrected chi connectivity index (χ2v) is 6.38. The lowest BCUT2D eigenvalue weighted by molar-refractivity contribution is -0.384. The summed E-state index contributed by atoms with van der Waals surface area (Å²) in [6.07, 6.45) is 3.94. The van der Waals surface area contributed by atoms with Crippen molar-refractivity contribution in [2.75, 3.05) is 12.3 Å². The van der Waals surface area contributed by atoms with Gasteiger partial charge in [-0.25, -0.2) is 0 Å². The van der Waals surface area contributed by atoms with Gasteiger partial charge in [-0.15, -0.1) is 0 Å². The Labute approximate surface area is 118 Å². The molecule has 0 amide bonds. The van der Waals surface area contributed by atoms with Crippen LogP contribution in [-0.2, 0) is 0 Å². The molecule has 1 heterocycles. The Balaban J connectivity index is 1.89. The Morgan fingerprint density at radius 3 is 3.05 bits per heavy atom. The van der Waals surface area contributed by atoms with Gasteiger partial charge in [-0.05, 0) is 31.1 Å². The van der Waals surface area contributed by atoms with E-state index in [1.807, 2.05) is 17.8 Å². The van der Waals surface area contributed by atoms with Gasteiger partial charge in [0.1, 0.15) is 0 Å². The van der Waals surface area contributed by atoms with Gasteiger partial charge in [0.05, 0.1) is 4.92 Å². The fourth-order valence-corrected chi connectivity index (χ4v) is 3.55. The van der Waals surface area contributed by atoms with E-state index in [2.05, 4.69) is 12.2 Å². The maximum atomic E-state index is 10.8. The molecule has 4 nitrogen and oxygen atoms in total. The number of thioether (sulfide) groups is 1. The number of nitro groups is 1. The first-order valence-corrected chi connectivity index (χ1v) is 7.81. The van der Waals surface area contributed by atoms with E-state index >= 15 is 0 Å². The smallest absolute Gasteiger partial charge is 0.269 e. The minimum atomic E-state index is -0.340. The average Bonchev–Trinajstić information content (AvgIpc) is 2.46. The molecule has 2 unspecified atom stereocenters. The van der Waals surface area contributed by atoms with Crippen molar-refractivity contribution in [2.45, 2.75) is 37.5 Å². The monoisotopic (exact) mass is 280 g/mol. The first-order chi connectivity index (χ1) is 9.16. The Bertz CT molecular complexity index is 433. The molecule has 104 valence electrons. The molecule has 1 aromatic carbocycles. The summed E-state index contributed by atoms with van der Waals surface area (Å²) in [7, 11) is 0. The topological polar surface area (TPSA) is 55.2 Å². The number of hydrogen-bond donors (Lipinski definition) is 1. The Morgan fingerprint density at radius 1 is 1.53 bits per heavy atom. The minimum absolute atomic E-state index is 0.155. The third-order valence-corrected chi connectivity index (χ3v) is 4.90. The average molecular weight is 280 g/mol. The van der Waals surface area contributed by atoms with Gasteiger partial charge >= 0.3 is 0 Å². The highest BCUT2D eigenvalue weighted by Gasteiger charge is 2.16. The molecule has 0 aliphatic carbocycles. The SMILES string of the molecule is CC(NCC1CCCCS1)c1cccc([N+](=O)[O-])c1. The Hall–Kier alpha value is -1.07. The van der Waals surface area contributed by atoms with E-state index in [0.29, 0.717) is 5.25 Å². The number of nitrogens with one attached hydrogen (secondary N) is 1. The van der Waals surface area contributed by atoms with Crippen LogP contribution < -0.4 is 5.32 Å². The summed E-state index contributed by atoms with van der Waals surface area (Å²) in [5, 5.41) is 14.9. The lowest BCUT2D eigenvalue weighted by Crippen LogP contribution is -2.29. The van der Waals surface area contributed by atoms with E-state index in [0.717, 1.165) is 12.1 Å². The standard InChI is InChI=1S/C14H20N2O2S/c1-11(15-10-14-7-2-3-8-19-14)12-5-4-6-13(9-12)16(17)18/h4-6,9,11,14-15H,2-3,7-8,10H2,1H3. The second-order valence-electron chi connectivity index (χ2n) is 4.97. The lowest BCUT2D eigenvalue weighted by atomic mass is 10.1. The molecular weight excluding hydrogens is 260 g/mol. The molecule has 5 heteroatoms. The molecule has 1 N–H and O–H groups in total. The van der Waals surface area contributed by atoms with Crippen LogP contribution in [0, 0.1) is 10.1 Å². The highest BCUT2D eigenvalue weighted by atomic mass is 32.2. The minimum Gasteiger partial charge on any atom is -0.309 e.